The van der Waals surface area contributed by atoms with E-state index in [1.54, 1.807) is 18.2 Å². The Bertz CT molecular complexity index is 846. The molecule has 0 aliphatic heterocycles. The van der Waals surface area contributed by atoms with E-state index in [0.29, 0.717) is 48.1 Å². The van der Waals surface area contributed by atoms with Crippen molar-refractivity contribution >= 4 is 23.3 Å². The van der Waals surface area contributed by atoms with Gasteiger partial charge in [0.15, 0.2) is 17.3 Å². The summed E-state index contributed by atoms with van der Waals surface area (Å²) in [7, 11) is 1.53. The highest BCUT2D eigenvalue weighted by Crippen LogP contribution is 2.28. The minimum Gasteiger partial charge on any atom is -0.493 e. The molecule has 0 spiro atoms. The Morgan fingerprint density at radius 1 is 1.07 bits per heavy atom. The summed E-state index contributed by atoms with van der Waals surface area (Å²) in [6.45, 7) is 6.58. The number of Topliss-reactive ketones (excluding diaryl/α,β-unsaturated/α-hetero) is 1. The summed E-state index contributed by atoms with van der Waals surface area (Å²) < 4.78 is 11.0. The van der Waals surface area contributed by atoms with Gasteiger partial charge in [-0.15, -0.1) is 0 Å². The fourth-order valence-electron chi connectivity index (χ4n) is 2.83. The summed E-state index contributed by atoms with van der Waals surface area (Å²) in [4.78, 5) is 23.6. The zero-order valence-electron chi connectivity index (χ0n) is 17.4. The molecule has 0 aliphatic carbocycles. The highest BCUT2D eigenvalue weighted by Gasteiger charge is 2.21. The van der Waals surface area contributed by atoms with Crippen LogP contribution in [0.25, 0.3) is 0 Å². The topological polar surface area (TPSA) is 64.6 Å². The lowest BCUT2D eigenvalue weighted by Gasteiger charge is -2.25. The van der Waals surface area contributed by atoms with Crippen LogP contribution in [0.5, 0.6) is 11.5 Å². The number of hydrogen-bond acceptors (Lipinski definition) is 4. The molecule has 0 unspecified atom stereocenters. The van der Waals surface area contributed by atoms with Crippen molar-refractivity contribution < 1.29 is 19.1 Å². The average molecular weight is 418 g/mol. The molecule has 0 heterocycles. The van der Waals surface area contributed by atoms with Crippen molar-refractivity contribution in [1.29, 1.82) is 0 Å². The molecule has 0 aliphatic rings. The lowest BCUT2D eigenvalue weighted by atomic mass is 9.84. The number of halogens is 1. The van der Waals surface area contributed by atoms with Crippen molar-refractivity contribution in [2.45, 2.75) is 39.0 Å². The third kappa shape index (κ3) is 6.79. The molecule has 2 aromatic carbocycles. The van der Waals surface area contributed by atoms with Crippen LogP contribution in [0, 0.1) is 0 Å². The second-order valence-corrected chi connectivity index (χ2v) is 7.98. The lowest BCUT2D eigenvalue weighted by molar-refractivity contribution is -0.121. The van der Waals surface area contributed by atoms with E-state index in [-0.39, 0.29) is 17.1 Å². The summed E-state index contributed by atoms with van der Waals surface area (Å²) in [5, 5.41) is 3.68. The van der Waals surface area contributed by atoms with Crippen LogP contribution in [-0.4, -0.2) is 32.0 Å². The maximum atomic E-state index is 12.2. The number of carbonyl (C=O) groups excluding carboxylic acids is 2. The first-order valence-electron chi connectivity index (χ1n) is 9.57. The number of nitrogens with one attached hydrogen (secondary N) is 1. The molecule has 0 radical (unpaired) electrons. The Hall–Kier alpha value is -2.53. The van der Waals surface area contributed by atoms with Gasteiger partial charge in [0.2, 0.25) is 5.91 Å². The van der Waals surface area contributed by atoms with Gasteiger partial charge in [0.1, 0.15) is 0 Å². The lowest BCUT2D eigenvalue weighted by Crippen LogP contribution is -2.36. The molecule has 0 aromatic heterocycles. The zero-order chi connectivity index (χ0) is 21.4. The monoisotopic (exact) mass is 417 g/mol. The van der Waals surface area contributed by atoms with E-state index in [9.17, 15) is 9.59 Å². The molecule has 2 aromatic rings. The Balaban J connectivity index is 1.77. The molecule has 0 fully saturated rings. The molecule has 0 saturated carbocycles. The molecule has 2 rings (SSSR count). The fourth-order valence-corrected chi connectivity index (χ4v) is 2.96. The van der Waals surface area contributed by atoms with Gasteiger partial charge in [-0.3, -0.25) is 9.59 Å². The van der Waals surface area contributed by atoms with E-state index in [2.05, 4.69) is 19.2 Å². The van der Waals surface area contributed by atoms with Gasteiger partial charge in [-0.05, 0) is 49.2 Å². The Kier molecular flexibility index (Phi) is 8.09. The first kappa shape index (κ1) is 22.8. The molecule has 0 atom stereocenters. The number of amides is 1. The van der Waals surface area contributed by atoms with Gasteiger partial charge in [-0.25, -0.2) is 0 Å². The zero-order valence-corrected chi connectivity index (χ0v) is 18.1. The highest BCUT2D eigenvalue weighted by atomic mass is 35.5. The Morgan fingerprint density at radius 2 is 1.76 bits per heavy atom. The largest absolute Gasteiger partial charge is 0.493 e. The molecule has 0 saturated heterocycles. The maximum Gasteiger partial charge on any atom is 0.220 e. The second kappa shape index (κ2) is 10.3. The van der Waals surface area contributed by atoms with Gasteiger partial charge < -0.3 is 14.8 Å². The van der Waals surface area contributed by atoms with Crippen LogP contribution in [0.2, 0.25) is 5.02 Å². The van der Waals surface area contributed by atoms with Gasteiger partial charge in [0.25, 0.3) is 0 Å². The molecule has 156 valence electrons. The third-order valence-corrected chi connectivity index (χ3v) is 4.98. The standard InChI is InChI=1S/C23H28ClNO4/c1-16(26)17-7-12-20(21(14-17)28-4)29-13-5-6-22(27)25-15-23(2,3)18-8-10-19(24)11-9-18/h7-12,14H,5-6,13,15H2,1-4H3,(H,25,27). The molecule has 0 bridgehead atoms. The number of benzene rings is 2. The molecular weight excluding hydrogens is 390 g/mol. The number of ketones is 1. The summed E-state index contributed by atoms with van der Waals surface area (Å²) in [6, 6.07) is 12.7. The van der Waals surface area contributed by atoms with Gasteiger partial charge in [0.05, 0.1) is 13.7 Å². The van der Waals surface area contributed by atoms with Crippen molar-refractivity contribution in [1.82, 2.24) is 5.32 Å². The summed E-state index contributed by atoms with van der Waals surface area (Å²) in [5.41, 5.74) is 1.49. The van der Waals surface area contributed by atoms with Crippen LogP contribution in [0.15, 0.2) is 42.5 Å². The Labute approximate surface area is 177 Å². The van der Waals surface area contributed by atoms with E-state index in [1.165, 1.54) is 14.0 Å². The predicted molar refractivity (Wildman–Crippen MR) is 115 cm³/mol. The first-order valence-corrected chi connectivity index (χ1v) is 9.95. The molecule has 29 heavy (non-hydrogen) atoms. The number of carbonyl (C=O) groups is 2. The quantitative estimate of drug-likeness (QED) is 0.445. The van der Waals surface area contributed by atoms with E-state index < -0.39 is 0 Å². The minimum absolute atomic E-state index is 0.0190. The van der Waals surface area contributed by atoms with E-state index >= 15 is 0 Å². The van der Waals surface area contributed by atoms with E-state index in [4.69, 9.17) is 21.1 Å². The molecule has 6 heteroatoms. The number of hydrogen-bond donors (Lipinski definition) is 1. The highest BCUT2D eigenvalue weighted by molar-refractivity contribution is 6.30. The molecule has 1 N–H and O–H groups in total. The number of methoxy groups -OCH3 is 1. The van der Waals surface area contributed by atoms with Crippen LogP contribution < -0.4 is 14.8 Å². The van der Waals surface area contributed by atoms with Crippen LogP contribution in [0.3, 0.4) is 0 Å². The van der Waals surface area contributed by atoms with Crippen LogP contribution in [0.1, 0.15) is 49.5 Å². The fraction of sp³-hybridized carbons (Fsp3) is 0.391. The second-order valence-electron chi connectivity index (χ2n) is 7.54. The summed E-state index contributed by atoms with van der Waals surface area (Å²) in [5.74, 6) is 1.01. The molecule has 1 amide bonds. The normalized spacial score (nSPS) is 11.1. The van der Waals surface area contributed by atoms with Gasteiger partial charge in [-0.2, -0.15) is 0 Å². The van der Waals surface area contributed by atoms with E-state index in [0.717, 1.165) is 5.56 Å². The van der Waals surface area contributed by atoms with Crippen molar-refractivity contribution in [2.75, 3.05) is 20.3 Å². The predicted octanol–water partition coefficient (Wildman–Crippen LogP) is 4.80. The van der Waals surface area contributed by atoms with Gasteiger partial charge in [0, 0.05) is 29.0 Å². The van der Waals surface area contributed by atoms with Crippen LogP contribution in [-0.2, 0) is 10.2 Å². The third-order valence-electron chi connectivity index (χ3n) is 4.73. The molecule has 5 nitrogen and oxygen atoms in total. The summed E-state index contributed by atoms with van der Waals surface area (Å²) in [6.07, 6.45) is 0.940. The SMILES string of the molecule is COc1cc(C(C)=O)ccc1OCCCC(=O)NCC(C)(C)c1ccc(Cl)cc1. The van der Waals surface area contributed by atoms with Crippen molar-refractivity contribution in [2.24, 2.45) is 0 Å². The van der Waals surface area contributed by atoms with Gasteiger partial charge in [-0.1, -0.05) is 37.6 Å². The summed E-state index contributed by atoms with van der Waals surface area (Å²) >= 11 is 5.94. The smallest absolute Gasteiger partial charge is 0.220 e. The van der Waals surface area contributed by atoms with Crippen LogP contribution >= 0.6 is 11.6 Å². The van der Waals surface area contributed by atoms with Crippen LogP contribution in [0.4, 0.5) is 0 Å². The van der Waals surface area contributed by atoms with Gasteiger partial charge >= 0.3 is 0 Å². The molecular formula is C23H28ClNO4. The maximum absolute atomic E-state index is 12.2. The number of ether oxygens (including phenoxy) is 2. The Morgan fingerprint density at radius 3 is 2.38 bits per heavy atom. The van der Waals surface area contributed by atoms with Crippen molar-refractivity contribution in [3.05, 3.63) is 58.6 Å². The first-order chi connectivity index (χ1) is 13.7. The van der Waals surface area contributed by atoms with Crippen molar-refractivity contribution in [3.8, 4) is 11.5 Å². The van der Waals surface area contributed by atoms with Crippen molar-refractivity contribution in [3.63, 3.8) is 0 Å². The van der Waals surface area contributed by atoms with E-state index in [1.807, 2.05) is 24.3 Å². The number of rotatable bonds is 10. The average Bonchev–Trinajstić information content (AvgIpc) is 2.70. The minimum atomic E-state index is -0.192.